The predicted octanol–water partition coefficient (Wildman–Crippen LogP) is 16.2. The molecular formula is C62H34N6S. The molecule has 15 rings (SSSR count). The van der Waals surface area contributed by atoms with Crippen LogP contribution in [0, 0.1) is 22.7 Å². The number of rotatable bonds is 4. The molecule has 15 aromatic rings. The maximum Gasteiger partial charge on any atom is 0.104 e. The van der Waals surface area contributed by atoms with Gasteiger partial charge in [-0.15, -0.1) is 11.3 Å². The summed E-state index contributed by atoms with van der Waals surface area (Å²) in [5.41, 5.74) is 11.0. The Balaban J connectivity index is 1.31. The van der Waals surface area contributed by atoms with Gasteiger partial charge in [0.2, 0.25) is 0 Å². The molecule has 0 aliphatic carbocycles. The van der Waals surface area contributed by atoms with Gasteiger partial charge in [-0.2, -0.15) is 10.5 Å². The predicted molar refractivity (Wildman–Crippen MR) is 286 cm³/mol. The molecule has 0 aliphatic heterocycles. The molecule has 5 heterocycles. The number of hydrogen-bond acceptors (Lipinski definition) is 3. The van der Waals surface area contributed by atoms with Crippen molar-refractivity contribution in [3.05, 3.63) is 217 Å². The molecular weight excluding hydrogens is 861 g/mol. The van der Waals surface area contributed by atoms with Crippen molar-refractivity contribution >= 4 is 119 Å². The number of hydrogen-bond donors (Lipinski definition) is 0. The third-order valence-corrected chi connectivity index (χ3v) is 15.6. The van der Waals surface area contributed by atoms with Gasteiger partial charge in [0.05, 0.1) is 71.6 Å². The minimum absolute atomic E-state index is 0.387. The standard InChI is InChI=1S/C62H34N6S/c63-35-47-57(65-49-25-9-1-17-37(49)38-18-2-10-26-50(38)65)48(36-64)59(68-55-31-15-7-23-43(55)45-33-34-46-44-24-8-16-32-56(44)69-62(46)60(45)68)61(67-53-29-13-5-21-41(53)42-22-6-14-30-54(42)67)58(47)66-51-27-11-3-19-39(51)40-20-4-12-28-52(40)66/h1-34H. The third kappa shape index (κ3) is 4.91. The summed E-state index contributed by atoms with van der Waals surface area (Å²) in [6.07, 6.45) is 0. The molecule has 0 N–H and O–H groups in total. The second kappa shape index (κ2) is 14.1. The van der Waals surface area contributed by atoms with Crippen LogP contribution >= 0.6 is 11.3 Å². The number of aromatic nitrogens is 4. The summed E-state index contributed by atoms with van der Waals surface area (Å²) in [6.45, 7) is 0. The quantitative estimate of drug-likeness (QED) is 0.177. The number of benzene rings is 10. The van der Waals surface area contributed by atoms with Crippen molar-refractivity contribution < 1.29 is 0 Å². The van der Waals surface area contributed by atoms with Crippen LogP contribution in [0.3, 0.4) is 0 Å². The van der Waals surface area contributed by atoms with Crippen molar-refractivity contribution in [2.45, 2.75) is 0 Å². The lowest BCUT2D eigenvalue weighted by Crippen LogP contribution is -2.17. The normalized spacial score (nSPS) is 12.0. The van der Waals surface area contributed by atoms with E-state index in [2.05, 4.69) is 225 Å². The SMILES string of the molecule is N#Cc1c(-n2c3ccccc3c3ccccc32)c(C#N)c(-n2c3ccccc3c3ccc4c5ccccc5sc4c32)c(-n2c3ccccc3c3ccccc32)c1-n1c2ccccc2c2ccccc21. The molecule has 5 aromatic heterocycles. The summed E-state index contributed by atoms with van der Waals surface area (Å²) < 4.78 is 11.5. The minimum Gasteiger partial charge on any atom is -0.306 e. The molecule has 0 aliphatic rings. The number of nitriles is 2. The van der Waals surface area contributed by atoms with E-state index in [-0.39, 0.29) is 0 Å². The van der Waals surface area contributed by atoms with Crippen LogP contribution in [0.1, 0.15) is 11.1 Å². The van der Waals surface area contributed by atoms with Crippen molar-refractivity contribution in [2.24, 2.45) is 0 Å². The lowest BCUT2D eigenvalue weighted by molar-refractivity contribution is 1.02. The van der Waals surface area contributed by atoms with Crippen molar-refractivity contribution in [1.29, 1.82) is 10.5 Å². The van der Waals surface area contributed by atoms with Crippen LogP contribution in [-0.2, 0) is 0 Å². The van der Waals surface area contributed by atoms with Crippen molar-refractivity contribution in [3.8, 4) is 34.9 Å². The monoisotopic (exact) mass is 894 g/mol. The highest BCUT2D eigenvalue weighted by Crippen LogP contribution is 2.50. The van der Waals surface area contributed by atoms with Crippen LogP contribution in [0.25, 0.3) is 130 Å². The van der Waals surface area contributed by atoms with Gasteiger partial charge in [0.1, 0.15) is 23.3 Å². The van der Waals surface area contributed by atoms with Crippen LogP contribution in [0.15, 0.2) is 206 Å². The zero-order valence-corrected chi connectivity index (χ0v) is 37.5. The first-order valence-corrected chi connectivity index (χ1v) is 23.9. The molecule has 0 bridgehead atoms. The van der Waals surface area contributed by atoms with Crippen molar-refractivity contribution in [2.75, 3.05) is 0 Å². The summed E-state index contributed by atoms with van der Waals surface area (Å²) >= 11 is 1.78. The first-order valence-electron chi connectivity index (χ1n) is 23.1. The molecule has 0 amide bonds. The van der Waals surface area contributed by atoms with Crippen LogP contribution in [0.4, 0.5) is 0 Å². The molecule has 69 heavy (non-hydrogen) atoms. The van der Waals surface area contributed by atoms with Crippen molar-refractivity contribution in [1.82, 2.24) is 18.3 Å². The maximum absolute atomic E-state index is 12.4. The topological polar surface area (TPSA) is 67.3 Å². The van der Waals surface area contributed by atoms with Gasteiger partial charge in [0.15, 0.2) is 0 Å². The third-order valence-electron chi connectivity index (χ3n) is 14.4. The molecule has 10 aromatic carbocycles. The lowest BCUT2D eigenvalue weighted by atomic mass is 9.98. The Bertz CT molecular complexity index is 4660. The highest BCUT2D eigenvalue weighted by atomic mass is 32.1. The van der Waals surface area contributed by atoms with Gasteiger partial charge in [-0.3, -0.25) is 0 Å². The summed E-state index contributed by atoms with van der Waals surface area (Å²) in [4.78, 5) is 0. The van der Waals surface area contributed by atoms with E-state index in [1.807, 2.05) is 12.1 Å². The maximum atomic E-state index is 12.4. The van der Waals surface area contributed by atoms with Crippen LogP contribution in [-0.4, -0.2) is 18.3 Å². The molecule has 0 fully saturated rings. The molecule has 0 saturated heterocycles. The van der Waals surface area contributed by atoms with E-state index in [0.29, 0.717) is 28.2 Å². The van der Waals surface area contributed by atoms with Crippen LogP contribution < -0.4 is 0 Å². The van der Waals surface area contributed by atoms with Gasteiger partial charge >= 0.3 is 0 Å². The summed E-state index contributed by atoms with van der Waals surface area (Å²) in [5.74, 6) is 0. The van der Waals surface area contributed by atoms with E-state index in [1.54, 1.807) is 11.3 Å². The Hall–Kier alpha value is -9.40. The Kier molecular flexibility index (Phi) is 7.70. The van der Waals surface area contributed by atoms with E-state index >= 15 is 0 Å². The van der Waals surface area contributed by atoms with Crippen LogP contribution in [0.5, 0.6) is 0 Å². The molecule has 0 atom stereocenters. The van der Waals surface area contributed by atoms with Gasteiger partial charge in [-0.1, -0.05) is 158 Å². The summed E-state index contributed by atoms with van der Waals surface area (Å²) in [6, 6.07) is 78.2. The van der Waals surface area contributed by atoms with E-state index in [9.17, 15) is 10.5 Å². The second-order valence-electron chi connectivity index (χ2n) is 17.8. The van der Waals surface area contributed by atoms with E-state index < -0.39 is 0 Å². The first kappa shape index (κ1) is 37.8. The van der Waals surface area contributed by atoms with E-state index in [0.717, 1.165) is 103 Å². The first-order chi connectivity index (χ1) is 34.2. The summed E-state index contributed by atoms with van der Waals surface area (Å²) in [5, 5.41) is 35.7. The number of nitrogens with zero attached hydrogens (tertiary/aromatic N) is 6. The Morgan fingerprint density at radius 1 is 0.275 bits per heavy atom. The summed E-state index contributed by atoms with van der Waals surface area (Å²) in [7, 11) is 0. The zero-order valence-electron chi connectivity index (χ0n) is 36.7. The van der Waals surface area contributed by atoms with E-state index in [1.165, 1.54) is 10.1 Å². The smallest absolute Gasteiger partial charge is 0.104 e. The van der Waals surface area contributed by atoms with Crippen molar-refractivity contribution in [3.63, 3.8) is 0 Å². The van der Waals surface area contributed by atoms with Gasteiger partial charge in [-0.25, -0.2) is 0 Å². The van der Waals surface area contributed by atoms with E-state index in [4.69, 9.17) is 0 Å². The second-order valence-corrected chi connectivity index (χ2v) is 18.8. The number of thiophene rings is 1. The van der Waals surface area contributed by atoms with Gasteiger partial charge in [0.25, 0.3) is 0 Å². The fourth-order valence-electron chi connectivity index (χ4n) is 11.7. The fourth-order valence-corrected chi connectivity index (χ4v) is 13.0. The Labute approximate surface area is 397 Å². The van der Waals surface area contributed by atoms with Gasteiger partial charge in [0, 0.05) is 58.6 Å². The largest absolute Gasteiger partial charge is 0.306 e. The molecule has 0 radical (unpaired) electrons. The zero-order chi connectivity index (χ0) is 45.5. The molecule has 7 heteroatoms. The van der Waals surface area contributed by atoms with Gasteiger partial charge in [-0.05, 0) is 48.5 Å². The lowest BCUT2D eigenvalue weighted by Gasteiger charge is -2.27. The molecule has 0 unspecified atom stereocenters. The molecule has 0 saturated carbocycles. The highest BCUT2D eigenvalue weighted by Gasteiger charge is 2.35. The highest BCUT2D eigenvalue weighted by molar-refractivity contribution is 7.26. The Morgan fingerprint density at radius 2 is 0.580 bits per heavy atom. The molecule has 0 spiro atoms. The Morgan fingerprint density at radius 3 is 1.00 bits per heavy atom. The average Bonchev–Trinajstić information content (AvgIpc) is 4.21. The molecule has 318 valence electrons. The number of para-hydroxylation sites is 7. The average molecular weight is 895 g/mol. The van der Waals surface area contributed by atoms with Crippen LogP contribution in [0.2, 0.25) is 0 Å². The number of fused-ring (bicyclic) bond motifs is 16. The minimum atomic E-state index is 0.387. The molecule has 6 nitrogen and oxygen atoms in total. The van der Waals surface area contributed by atoms with Gasteiger partial charge < -0.3 is 18.3 Å². The fraction of sp³-hybridized carbons (Fsp3) is 0.